The van der Waals surface area contributed by atoms with Gasteiger partial charge in [-0.2, -0.15) is 0 Å². The maximum absolute atomic E-state index is 8.58. The topological polar surface area (TPSA) is 92.2 Å². The first-order valence-electron chi connectivity index (χ1n) is 0.816. The van der Waals surface area contributed by atoms with E-state index in [9.17, 15) is 0 Å². The summed E-state index contributed by atoms with van der Waals surface area (Å²) in [6.07, 6.45) is 0. The van der Waals surface area contributed by atoms with Crippen molar-refractivity contribution >= 4 is 57.9 Å². The van der Waals surface area contributed by atoms with Crippen molar-refractivity contribution in [3.8, 4) is 0 Å². The Morgan fingerprint density at radius 3 is 0.857 bits per heavy atom. The molecule has 4 nitrogen and oxygen atoms in total. The Kier molecular flexibility index (Phi) is 14.4. The third kappa shape index (κ3) is 66.8. The van der Waals surface area contributed by atoms with Crippen LogP contribution in [0.1, 0.15) is 0 Å². The van der Waals surface area contributed by atoms with Gasteiger partial charge in [-0.3, -0.25) is 0 Å². The molecule has 0 fully saturated rings. The molecular formula is BaCuO4Si. The fourth-order valence-corrected chi connectivity index (χ4v) is 0. The number of hydrogen-bond acceptors (Lipinski definition) is 4. The quantitative estimate of drug-likeness (QED) is 0.416. The molecule has 0 N–H and O–H groups in total. The fourth-order valence-electron chi connectivity index (χ4n) is 0. The summed E-state index contributed by atoms with van der Waals surface area (Å²) in [6.45, 7) is 0. The van der Waals surface area contributed by atoms with Crippen molar-refractivity contribution in [3.05, 3.63) is 0 Å². The Labute approximate surface area is 92.6 Å². The summed E-state index contributed by atoms with van der Waals surface area (Å²) in [7, 11) is -5.61. The summed E-state index contributed by atoms with van der Waals surface area (Å²) < 4.78 is 0. The zero-order chi connectivity index (χ0) is 4.50. The second kappa shape index (κ2) is 6.27. The first-order chi connectivity index (χ1) is 2.00. The van der Waals surface area contributed by atoms with Crippen LogP contribution in [0.3, 0.4) is 0 Å². The van der Waals surface area contributed by atoms with Crippen LogP contribution >= 0.6 is 0 Å². The zero-order valence-electron chi connectivity index (χ0n) is 3.14. The molecular weight excluding hydrogens is 293 g/mol. The van der Waals surface area contributed by atoms with Gasteiger partial charge in [0.2, 0.25) is 0 Å². The summed E-state index contributed by atoms with van der Waals surface area (Å²) in [5.74, 6) is 0. The average Bonchev–Trinajstić information content (AvgIpc) is 0.722. The standard InChI is InChI=1S/Ba.Cu.O4Si/c;;1-5(2,3)4/q2*+2;-4. The van der Waals surface area contributed by atoms with E-state index in [2.05, 4.69) is 0 Å². The van der Waals surface area contributed by atoms with Crippen LogP contribution in [0.15, 0.2) is 0 Å². The van der Waals surface area contributed by atoms with Gasteiger partial charge in [0.25, 0.3) is 0 Å². The summed E-state index contributed by atoms with van der Waals surface area (Å²) in [5, 5.41) is 0. The normalized spacial score (nSPS) is 8.57. The zero-order valence-corrected chi connectivity index (χ0v) is 9.52. The third-order valence-corrected chi connectivity index (χ3v) is 0. The van der Waals surface area contributed by atoms with Crippen molar-refractivity contribution in [2.45, 2.75) is 0 Å². The molecule has 0 aromatic rings. The molecule has 0 amide bonds. The van der Waals surface area contributed by atoms with Crippen molar-refractivity contribution in [1.29, 1.82) is 0 Å². The Morgan fingerprint density at radius 2 is 0.857 bits per heavy atom. The molecule has 0 aliphatic rings. The van der Waals surface area contributed by atoms with Crippen LogP contribution in [0.4, 0.5) is 0 Å². The van der Waals surface area contributed by atoms with E-state index in [4.69, 9.17) is 19.2 Å². The van der Waals surface area contributed by atoms with Crippen molar-refractivity contribution in [3.63, 3.8) is 0 Å². The van der Waals surface area contributed by atoms with Crippen LogP contribution < -0.4 is 19.2 Å². The molecule has 0 aliphatic carbocycles. The molecule has 0 atom stereocenters. The Bertz CT molecular complexity index is 27.2. The Balaban J connectivity index is -0.0000000800. The van der Waals surface area contributed by atoms with Crippen molar-refractivity contribution in [1.82, 2.24) is 0 Å². The molecule has 0 saturated heterocycles. The maximum Gasteiger partial charge on any atom is 2.00 e. The monoisotopic (exact) mass is 293 g/mol. The minimum atomic E-state index is -5.61. The smallest absolute Gasteiger partial charge is 0.894 e. The Hall–Kier alpha value is 2.15. The van der Waals surface area contributed by atoms with Crippen LogP contribution in [0.2, 0.25) is 0 Å². The minimum absolute atomic E-state index is 0. The van der Waals surface area contributed by atoms with Gasteiger partial charge in [0.1, 0.15) is 0 Å². The molecule has 41 valence electrons. The van der Waals surface area contributed by atoms with Crippen molar-refractivity contribution in [2.75, 3.05) is 0 Å². The number of hydrogen-bond donors (Lipinski definition) is 0. The molecule has 0 bridgehead atoms. The van der Waals surface area contributed by atoms with Gasteiger partial charge in [-0.05, 0) is 0 Å². The van der Waals surface area contributed by atoms with Crippen molar-refractivity contribution in [2.24, 2.45) is 0 Å². The first kappa shape index (κ1) is 16.1. The van der Waals surface area contributed by atoms with E-state index in [1.165, 1.54) is 0 Å². The van der Waals surface area contributed by atoms with E-state index < -0.39 is 9.05 Å². The summed E-state index contributed by atoms with van der Waals surface area (Å²) >= 11 is 0. The largest absolute Gasteiger partial charge is 2.00 e. The third-order valence-electron chi connectivity index (χ3n) is 0. The summed E-state index contributed by atoms with van der Waals surface area (Å²) in [4.78, 5) is 34.3. The molecule has 1 radical (unpaired) electrons. The van der Waals surface area contributed by atoms with Crippen molar-refractivity contribution < 1.29 is 36.3 Å². The predicted molar refractivity (Wildman–Crippen MR) is 11.5 cm³/mol. The van der Waals surface area contributed by atoms with Gasteiger partial charge in [-0.25, -0.2) is 0 Å². The van der Waals surface area contributed by atoms with Crippen LogP contribution in [0.25, 0.3) is 0 Å². The van der Waals surface area contributed by atoms with Crippen LogP contribution in [0.5, 0.6) is 0 Å². The average molecular weight is 293 g/mol. The van der Waals surface area contributed by atoms with Gasteiger partial charge >= 0.3 is 65.9 Å². The van der Waals surface area contributed by atoms with Gasteiger partial charge in [-0.15, -0.1) is 0 Å². The van der Waals surface area contributed by atoms with Gasteiger partial charge in [0.05, 0.1) is 0 Å². The van der Waals surface area contributed by atoms with Gasteiger partial charge in [0, 0.05) is 0 Å². The molecule has 0 aromatic heterocycles. The molecule has 7 heavy (non-hydrogen) atoms. The van der Waals surface area contributed by atoms with Crippen LogP contribution in [-0.2, 0) is 17.1 Å². The maximum atomic E-state index is 8.58. The van der Waals surface area contributed by atoms with E-state index in [1.54, 1.807) is 0 Å². The molecule has 7 heteroatoms. The summed E-state index contributed by atoms with van der Waals surface area (Å²) in [6, 6.07) is 0. The SMILES string of the molecule is [Ba+2].[Cu+2].[O-][Si]([O-])([O-])[O-]. The van der Waals surface area contributed by atoms with E-state index in [0.717, 1.165) is 0 Å². The molecule has 0 saturated carbocycles. The summed E-state index contributed by atoms with van der Waals surface area (Å²) in [5.41, 5.74) is 0. The Morgan fingerprint density at radius 1 is 0.857 bits per heavy atom. The van der Waals surface area contributed by atoms with E-state index in [-0.39, 0.29) is 65.9 Å². The van der Waals surface area contributed by atoms with E-state index >= 15 is 0 Å². The van der Waals surface area contributed by atoms with E-state index in [1.807, 2.05) is 0 Å². The minimum Gasteiger partial charge on any atom is -0.894 e. The fraction of sp³-hybridized carbons (Fsp3) is 0. The first-order valence-corrected chi connectivity index (χ1v) is 2.45. The van der Waals surface area contributed by atoms with Gasteiger partial charge in [-0.1, -0.05) is 0 Å². The second-order valence-electron chi connectivity index (χ2n) is 0.500. The molecule has 0 unspecified atom stereocenters. The van der Waals surface area contributed by atoms with Crippen LogP contribution in [0, 0.1) is 0 Å². The molecule has 0 aromatic carbocycles. The molecule has 0 heterocycles. The van der Waals surface area contributed by atoms with Crippen LogP contribution in [-0.4, -0.2) is 57.9 Å². The van der Waals surface area contributed by atoms with E-state index in [0.29, 0.717) is 0 Å². The number of rotatable bonds is 0. The molecule has 0 aliphatic heterocycles. The second-order valence-corrected chi connectivity index (χ2v) is 1.50. The molecule has 0 rings (SSSR count). The van der Waals surface area contributed by atoms with Gasteiger partial charge in [0.15, 0.2) is 0 Å². The predicted octanol–water partition coefficient (Wildman–Crippen LogP) is -5.52. The van der Waals surface area contributed by atoms with Gasteiger partial charge < -0.3 is 28.2 Å². The molecule has 0 spiro atoms.